The van der Waals surface area contributed by atoms with E-state index in [2.05, 4.69) is 5.32 Å². The van der Waals surface area contributed by atoms with Crippen molar-refractivity contribution in [1.82, 2.24) is 5.32 Å². The molecule has 0 atom stereocenters. The van der Waals surface area contributed by atoms with E-state index in [1.165, 1.54) is 0 Å². The number of rotatable bonds is 4. The third-order valence-corrected chi connectivity index (χ3v) is 3.19. The predicted octanol–water partition coefficient (Wildman–Crippen LogP) is 4.59. The smallest absolute Gasteiger partial charge is 0.150 e. The molecule has 0 aliphatic carbocycles. The summed E-state index contributed by atoms with van der Waals surface area (Å²) in [5, 5.41) is 3.94. The van der Waals surface area contributed by atoms with Crippen LogP contribution in [0.3, 0.4) is 0 Å². The molecule has 0 aliphatic rings. The molecule has 2 aromatic carbocycles. The number of ether oxygens (including phenoxy) is 1. The molecular formula is C15H13Cl2NO. The Bertz CT molecular complexity index is 582. The van der Waals surface area contributed by atoms with E-state index < -0.39 is 0 Å². The second kappa shape index (κ2) is 6.50. The lowest BCUT2D eigenvalue weighted by Gasteiger charge is -2.11. The van der Waals surface area contributed by atoms with Crippen molar-refractivity contribution in [2.45, 2.75) is 0 Å². The molecule has 98 valence electrons. The summed E-state index contributed by atoms with van der Waals surface area (Å²) < 4.78 is 5.83. The normalized spacial score (nSPS) is 11.2. The van der Waals surface area contributed by atoms with E-state index in [1.807, 2.05) is 37.4 Å². The van der Waals surface area contributed by atoms with Gasteiger partial charge >= 0.3 is 0 Å². The van der Waals surface area contributed by atoms with Gasteiger partial charge in [0.1, 0.15) is 11.5 Å². The third kappa shape index (κ3) is 3.66. The van der Waals surface area contributed by atoms with Gasteiger partial charge in [-0.05, 0) is 12.1 Å². The SMILES string of the molecule is CNC=C(Oc1ccc(Cl)c(Cl)c1)c1ccccc1. The molecule has 0 bridgehead atoms. The number of benzene rings is 2. The van der Waals surface area contributed by atoms with Crippen LogP contribution in [-0.4, -0.2) is 7.05 Å². The van der Waals surface area contributed by atoms with Crippen LogP contribution in [0.4, 0.5) is 0 Å². The van der Waals surface area contributed by atoms with Crippen molar-refractivity contribution >= 4 is 29.0 Å². The first-order valence-corrected chi connectivity index (χ1v) is 6.52. The van der Waals surface area contributed by atoms with E-state index in [9.17, 15) is 0 Å². The lowest BCUT2D eigenvalue weighted by atomic mass is 10.2. The zero-order valence-corrected chi connectivity index (χ0v) is 11.9. The zero-order chi connectivity index (χ0) is 13.7. The second-order valence-corrected chi connectivity index (χ2v) is 4.66. The fourth-order valence-corrected chi connectivity index (χ4v) is 1.86. The summed E-state index contributed by atoms with van der Waals surface area (Å²) in [4.78, 5) is 0. The highest BCUT2D eigenvalue weighted by molar-refractivity contribution is 6.42. The molecule has 0 unspecified atom stereocenters. The van der Waals surface area contributed by atoms with Gasteiger partial charge in [0.05, 0.1) is 10.0 Å². The van der Waals surface area contributed by atoms with Crippen LogP contribution in [0.5, 0.6) is 5.75 Å². The van der Waals surface area contributed by atoms with Crippen LogP contribution < -0.4 is 10.1 Å². The van der Waals surface area contributed by atoms with Crippen molar-refractivity contribution in [2.75, 3.05) is 7.05 Å². The molecule has 0 saturated heterocycles. The molecule has 0 saturated carbocycles. The summed E-state index contributed by atoms with van der Waals surface area (Å²) in [5.41, 5.74) is 0.975. The van der Waals surface area contributed by atoms with Crippen molar-refractivity contribution in [3.8, 4) is 5.75 Å². The highest BCUT2D eigenvalue weighted by Gasteiger charge is 2.06. The first kappa shape index (κ1) is 13.8. The fourth-order valence-electron chi connectivity index (χ4n) is 1.57. The Balaban J connectivity index is 2.27. The minimum Gasteiger partial charge on any atom is -0.455 e. The van der Waals surface area contributed by atoms with Crippen molar-refractivity contribution < 1.29 is 4.74 Å². The lowest BCUT2D eigenvalue weighted by Crippen LogP contribution is -2.02. The van der Waals surface area contributed by atoms with Gasteiger partial charge in [0, 0.05) is 24.9 Å². The van der Waals surface area contributed by atoms with Crippen LogP contribution in [0, 0.1) is 0 Å². The van der Waals surface area contributed by atoms with Gasteiger partial charge in [0.15, 0.2) is 0 Å². The molecule has 0 spiro atoms. The first-order chi connectivity index (χ1) is 9.20. The molecule has 0 heterocycles. The Morgan fingerprint density at radius 3 is 2.42 bits per heavy atom. The van der Waals surface area contributed by atoms with E-state index in [-0.39, 0.29) is 0 Å². The van der Waals surface area contributed by atoms with Crippen LogP contribution in [-0.2, 0) is 0 Å². The fraction of sp³-hybridized carbons (Fsp3) is 0.0667. The molecular weight excluding hydrogens is 281 g/mol. The number of hydrogen-bond acceptors (Lipinski definition) is 2. The summed E-state index contributed by atoms with van der Waals surface area (Å²) in [6.45, 7) is 0. The van der Waals surface area contributed by atoms with Crippen LogP contribution >= 0.6 is 23.2 Å². The lowest BCUT2D eigenvalue weighted by molar-refractivity contribution is 0.512. The Morgan fingerprint density at radius 2 is 1.79 bits per heavy atom. The van der Waals surface area contributed by atoms with E-state index in [4.69, 9.17) is 27.9 Å². The van der Waals surface area contributed by atoms with Crippen molar-refractivity contribution in [1.29, 1.82) is 0 Å². The van der Waals surface area contributed by atoms with E-state index >= 15 is 0 Å². The van der Waals surface area contributed by atoms with E-state index in [1.54, 1.807) is 24.4 Å². The maximum absolute atomic E-state index is 5.97. The van der Waals surface area contributed by atoms with Crippen LogP contribution in [0.2, 0.25) is 10.0 Å². The maximum atomic E-state index is 5.97. The van der Waals surface area contributed by atoms with Crippen molar-refractivity contribution in [3.63, 3.8) is 0 Å². The molecule has 0 amide bonds. The molecule has 2 rings (SSSR count). The minimum atomic E-state index is 0.469. The van der Waals surface area contributed by atoms with E-state index in [0.29, 0.717) is 21.6 Å². The quantitative estimate of drug-likeness (QED) is 0.833. The molecule has 0 fully saturated rings. The third-order valence-electron chi connectivity index (χ3n) is 2.45. The van der Waals surface area contributed by atoms with E-state index in [0.717, 1.165) is 5.56 Å². The summed E-state index contributed by atoms with van der Waals surface area (Å²) in [5.74, 6) is 1.35. The predicted molar refractivity (Wildman–Crippen MR) is 80.6 cm³/mol. The Labute approximate surface area is 122 Å². The Morgan fingerprint density at radius 1 is 1.05 bits per heavy atom. The molecule has 2 nitrogen and oxygen atoms in total. The molecule has 1 N–H and O–H groups in total. The number of hydrogen-bond donors (Lipinski definition) is 1. The monoisotopic (exact) mass is 293 g/mol. The topological polar surface area (TPSA) is 21.3 Å². The molecule has 4 heteroatoms. The van der Waals surface area contributed by atoms with Gasteiger partial charge in [0.25, 0.3) is 0 Å². The summed E-state index contributed by atoms with van der Waals surface area (Å²) >= 11 is 11.9. The van der Waals surface area contributed by atoms with Crippen molar-refractivity contribution in [2.24, 2.45) is 0 Å². The van der Waals surface area contributed by atoms with Crippen LogP contribution in [0.15, 0.2) is 54.7 Å². The van der Waals surface area contributed by atoms with Gasteiger partial charge in [-0.2, -0.15) is 0 Å². The van der Waals surface area contributed by atoms with Gasteiger partial charge in [-0.25, -0.2) is 0 Å². The number of nitrogens with one attached hydrogen (secondary N) is 1. The Kier molecular flexibility index (Phi) is 4.72. The minimum absolute atomic E-state index is 0.469. The largest absolute Gasteiger partial charge is 0.455 e. The van der Waals surface area contributed by atoms with Crippen LogP contribution in [0.25, 0.3) is 5.76 Å². The highest BCUT2D eigenvalue weighted by Crippen LogP contribution is 2.28. The molecule has 0 radical (unpaired) electrons. The first-order valence-electron chi connectivity index (χ1n) is 5.76. The highest BCUT2D eigenvalue weighted by atomic mass is 35.5. The van der Waals surface area contributed by atoms with Crippen molar-refractivity contribution in [3.05, 3.63) is 70.3 Å². The second-order valence-electron chi connectivity index (χ2n) is 3.84. The summed E-state index contributed by atoms with van der Waals surface area (Å²) in [6, 6.07) is 15.0. The van der Waals surface area contributed by atoms with Gasteiger partial charge in [-0.1, -0.05) is 53.5 Å². The molecule has 2 aromatic rings. The summed E-state index contributed by atoms with van der Waals surface area (Å²) in [7, 11) is 1.82. The average molecular weight is 294 g/mol. The molecule has 0 aliphatic heterocycles. The number of halogens is 2. The zero-order valence-electron chi connectivity index (χ0n) is 10.4. The standard InChI is InChI=1S/C15H13Cl2NO/c1-18-10-15(11-5-3-2-4-6-11)19-12-7-8-13(16)14(17)9-12/h2-10,18H,1H3. The average Bonchev–Trinajstić information content (AvgIpc) is 2.43. The Hall–Kier alpha value is -1.64. The van der Waals surface area contributed by atoms with Crippen LogP contribution in [0.1, 0.15) is 5.56 Å². The molecule has 19 heavy (non-hydrogen) atoms. The maximum Gasteiger partial charge on any atom is 0.150 e. The van der Waals surface area contributed by atoms with Gasteiger partial charge in [0.2, 0.25) is 0 Å². The van der Waals surface area contributed by atoms with Gasteiger partial charge in [-0.3, -0.25) is 0 Å². The molecule has 0 aromatic heterocycles. The summed E-state index contributed by atoms with van der Waals surface area (Å²) in [6.07, 6.45) is 1.79. The van der Waals surface area contributed by atoms with Gasteiger partial charge < -0.3 is 10.1 Å². The van der Waals surface area contributed by atoms with Gasteiger partial charge in [-0.15, -0.1) is 0 Å².